The number of ketones is 1. The van der Waals surface area contributed by atoms with Gasteiger partial charge >= 0.3 is 5.97 Å². The predicted molar refractivity (Wildman–Crippen MR) is 108 cm³/mol. The number of aliphatic hydroxyl groups is 1. The van der Waals surface area contributed by atoms with Gasteiger partial charge in [-0.2, -0.15) is 0 Å². The number of carbonyl (C=O) groups is 2. The van der Waals surface area contributed by atoms with E-state index in [9.17, 15) is 14.7 Å². The van der Waals surface area contributed by atoms with Crippen molar-refractivity contribution < 1.29 is 24.5 Å². The monoisotopic (exact) mass is 388 g/mol. The van der Waals surface area contributed by atoms with E-state index in [0.717, 1.165) is 44.3 Å². The van der Waals surface area contributed by atoms with Crippen LogP contribution in [-0.4, -0.2) is 34.2 Å². The van der Waals surface area contributed by atoms with Gasteiger partial charge in [0.05, 0.1) is 6.10 Å². The lowest BCUT2D eigenvalue weighted by molar-refractivity contribution is -0.147. The average molecular weight is 389 g/mol. The molecule has 0 saturated heterocycles. The number of unbranched alkanes of at least 4 members (excludes halogenated alkanes) is 2. The number of carboxylic acid groups (broad SMARTS) is 1. The molecule has 0 heterocycles. The lowest BCUT2D eigenvalue weighted by Gasteiger charge is -2.17. The molecule has 0 radical (unpaired) electrons. The first-order valence-electron chi connectivity index (χ1n) is 10.3. The summed E-state index contributed by atoms with van der Waals surface area (Å²) in [4.78, 5) is 22.8. The van der Waals surface area contributed by atoms with E-state index in [1.807, 2.05) is 30.3 Å². The van der Waals surface area contributed by atoms with Crippen molar-refractivity contribution in [2.45, 2.75) is 76.9 Å². The second-order valence-electron chi connectivity index (χ2n) is 7.63. The van der Waals surface area contributed by atoms with Crippen LogP contribution in [0.15, 0.2) is 42.0 Å². The molecule has 1 aliphatic carbocycles. The fourth-order valence-corrected chi connectivity index (χ4v) is 3.72. The molecule has 1 aromatic carbocycles. The summed E-state index contributed by atoms with van der Waals surface area (Å²) in [6.45, 7) is 2.07. The quantitative estimate of drug-likeness (QED) is 0.383. The summed E-state index contributed by atoms with van der Waals surface area (Å²) in [5.74, 6) is 0.0433. The molecule has 2 N–H and O–H groups in total. The van der Waals surface area contributed by atoms with E-state index in [4.69, 9.17) is 9.84 Å². The molecule has 5 heteroatoms. The summed E-state index contributed by atoms with van der Waals surface area (Å²) < 4.78 is 5.91. The van der Waals surface area contributed by atoms with Crippen molar-refractivity contribution in [3.63, 3.8) is 0 Å². The normalized spacial score (nSPS) is 18.6. The predicted octanol–water partition coefficient (Wildman–Crippen LogP) is 4.54. The van der Waals surface area contributed by atoms with Gasteiger partial charge in [-0.3, -0.25) is 4.79 Å². The Hall–Kier alpha value is -2.14. The number of hydrogen-bond acceptors (Lipinski definition) is 4. The average Bonchev–Trinajstić information content (AvgIpc) is 3.02. The maximum absolute atomic E-state index is 12.2. The number of ether oxygens (including phenoxy) is 1. The highest BCUT2D eigenvalue weighted by Crippen LogP contribution is 2.31. The Kier molecular flexibility index (Phi) is 9.21. The highest BCUT2D eigenvalue weighted by atomic mass is 16.5. The van der Waals surface area contributed by atoms with Crippen LogP contribution in [0.25, 0.3) is 0 Å². The molecule has 0 fully saturated rings. The Morgan fingerprint density at radius 3 is 2.61 bits per heavy atom. The number of aliphatic carboxylic acids is 1. The van der Waals surface area contributed by atoms with E-state index in [2.05, 4.69) is 13.0 Å². The van der Waals surface area contributed by atoms with Gasteiger partial charge in [-0.05, 0) is 51.2 Å². The van der Waals surface area contributed by atoms with E-state index in [1.165, 1.54) is 5.57 Å². The van der Waals surface area contributed by atoms with Crippen LogP contribution in [0.2, 0.25) is 0 Å². The van der Waals surface area contributed by atoms with E-state index < -0.39 is 12.1 Å². The van der Waals surface area contributed by atoms with E-state index in [1.54, 1.807) is 0 Å². The van der Waals surface area contributed by atoms with Crippen LogP contribution < -0.4 is 4.74 Å². The van der Waals surface area contributed by atoms with Gasteiger partial charge in [0.25, 0.3) is 0 Å². The molecule has 3 atom stereocenters. The second-order valence-corrected chi connectivity index (χ2v) is 7.63. The van der Waals surface area contributed by atoms with Crippen LogP contribution in [0.3, 0.4) is 0 Å². The molecule has 2 unspecified atom stereocenters. The van der Waals surface area contributed by atoms with Crippen LogP contribution in [0.5, 0.6) is 5.75 Å². The molecular weight excluding hydrogens is 356 g/mol. The van der Waals surface area contributed by atoms with Crippen LogP contribution in [0.1, 0.15) is 64.7 Å². The highest BCUT2D eigenvalue weighted by Gasteiger charge is 2.26. The number of carbonyl (C=O) groups excluding carboxylic acids is 1. The zero-order valence-corrected chi connectivity index (χ0v) is 16.7. The van der Waals surface area contributed by atoms with Gasteiger partial charge in [-0.15, -0.1) is 0 Å². The molecule has 1 aromatic rings. The van der Waals surface area contributed by atoms with Crippen molar-refractivity contribution in [3.05, 3.63) is 42.0 Å². The highest BCUT2D eigenvalue weighted by molar-refractivity contribution is 5.88. The number of aliphatic hydroxyl groups excluding tert-OH is 1. The SMILES string of the molecule is CC(CCCC1=CCC(=O)[C@@H]1CCCCCC(O)C(=O)O)Oc1ccccc1. The van der Waals surface area contributed by atoms with Crippen LogP contribution in [0, 0.1) is 5.92 Å². The Morgan fingerprint density at radius 1 is 1.14 bits per heavy atom. The number of Topliss-reactive ketones (excluding diaryl/α,β-unsaturated/α-hetero) is 1. The van der Waals surface area contributed by atoms with Crippen molar-refractivity contribution >= 4 is 11.8 Å². The lowest BCUT2D eigenvalue weighted by Crippen LogP contribution is -2.19. The largest absolute Gasteiger partial charge is 0.491 e. The van der Waals surface area contributed by atoms with Crippen molar-refractivity contribution in [3.8, 4) is 5.75 Å². The number of benzene rings is 1. The third-order valence-corrected chi connectivity index (χ3v) is 5.31. The molecule has 0 aromatic heterocycles. The summed E-state index contributed by atoms with van der Waals surface area (Å²) in [6, 6.07) is 9.81. The van der Waals surface area contributed by atoms with Crippen molar-refractivity contribution in [1.82, 2.24) is 0 Å². The molecule has 0 bridgehead atoms. The molecule has 2 rings (SSSR count). The first kappa shape index (κ1) is 22.2. The zero-order chi connectivity index (χ0) is 20.4. The number of hydrogen-bond donors (Lipinski definition) is 2. The summed E-state index contributed by atoms with van der Waals surface area (Å²) >= 11 is 0. The van der Waals surface area contributed by atoms with Crippen LogP contribution in [0.4, 0.5) is 0 Å². The molecule has 1 aliphatic rings. The van der Waals surface area contributed by atoms with Crippen molar-refractivity contribution in [2.24, 2.45) is 5.92 Å². The molecular formula is C23H32O5. The molecule has 154 valence electrons. The lowest BCUT2D eigenvalue weighted by atomic mass is 9.90. The summed E-state index contributed by atoms with van der Waals surface area (Å²) in [5.41, 5.74) is 1.25. The summed E-state index contributed by atoms with van der Waals surface area (Å²) in [5, 5.41) is 18.0. The maximum Gasteiger partial charge on any atom is 0.332 e. The van der Waals surface area contributed by atoms with Gasteiger partial charge < -0.3 is 14.9 Å². The number of carboxylic acids is 1. The molecule has 28 heavy (non-hydrogen) atoms. The number of para-hydroxylation sites is 1. The Bertz CT molecular complexity index is 652. The van der Waals surface area contributed by atoms with Gasteiger partial charge in [0.1, 0.15) is 11.5 Å². The van der Waals surface area contributed by atoms with Gasteiger partial charge in [0.2, 0.25) is 0 Å². The maximum atomic E-state index is 12.2. The Balaban J connectivity index is 1.65. The van der Waals surface area contributed by atoms with Crippen molar-refractivity contribution in [1.29, 1.82) is 0 Å². The first-order chi connectivity index (χ1) is 13.5. The number of allylic oxidation sites excluding steroid dienone is 2. The third-order valence-electron chi connectivity index (χ3n) is 5.31. The first-order valence-corrected chi connectivity index (χ1v) is 10.3. The van der Waals surface area contributed by atoms with E-state index >= 15 is 0 Å². The third kappa shape index (κ3) is 7.47. The number of rotatable bonds is 13. The van der Waals surface area contributed by atoms with E-state index in [-0.39, 0.29) is 18.4 Å². The zero-order valence-electron chi connectivity index (χ0n) is 16.7. The Labute approximate surface area is 167 Å². The standard InChI is InChI=1S/C23H32O5/c1-17(28-19-11-4-2-5-12-19)9-8-10-18-15-16-21(24)20(18)13-6-3-7-14-22(25)23(26)27/h2,4-5,11-12,15,17,20,22,25H,3,6-10,13-14,16H2,1H3,(H,26,27)/t17?,20-,22?/m1/s1. The molecule has 0 spiro atoms. The fourth-order valence-electron chi connectivity index (χ4n) is 3.72. The molecule has 0 amide bonds. The molecule has 5 nitrogen and oxygen atoms in total. The topological polar surface area (TPSA) is 83.8 Å². The summed E-state index contributed by atoms with van der Waals surface area (Å²) in [7, 11) is 0. The molecule has 0 saturated carbocycles. The van der Waals surface area contributed by atoms with Crippen molar-refractivity contribution in [2.75, 3.05) is 0 Å². The minimum Gasteiger partial charge on any atom is -0.491 e. The van der Waals surface area contributed by atoms with Gasteiger partial charge in [0.15, 0.2) is 6.10 Å². The van der Waals surface area contributed by atoms with Gasteiger partial charge in [-0.25, -0.2) is 4.79 Å². The fraction of sp³-hybridized carbons (Fsp3) is 0.565. The Morgan fingerprint density at radius 2 is 1.89 bits per heavy atom. The summed E-state index contributed by atoms with van der Waals surface area (Å²) in [6.07, 6.45) is 7.84. The smallest absolute Gasteiger partial charge is 0.332 e. The van der Waals surface area contributed by atoms with Crippen LogP contribution >= 0.6 is 0 Å². The van der Waals surface area contributed by atoms with Gasteiger partial charge in [0, 0.05) is 12.3 Å². The minimum atomic E-state index is -1.27. The second kappa shape index (κ2) is 11.6. The van der Waals surface area contributed by atoms with Crippen LogP contribution in [-0.2, 0) is 9.59 Å². The minimum absolute atomic E-state index is 0.0229. The molecule has 0 aliphatic heterocycles. The van der Waals surface area contributed by atoms with E-state index in [0.29, 0.717) is 18.6 Å². The van der Waals surface area contributed by atoms with Gasteiger partial charge in [-0.1, -0.05) is 49.1 Å².